The molecule has 2 aliphatic heterocycles. The number of anilines is 1. The average molecular weight is 894 g/mol. The molecule has 0 aromatic heterocycles. The molecule has 2 heterocycles. The third kappa shape index (κ3) is 18.9. The van der Waals surface area contributed by atoms with Crippen LogP contribution in [0.4, 0.5) is 5.69 Å². The summed E-state index contributed by atoms with van der Waals surface area (Å²) in [7, 11) is 0. The lowest BCUT2D eigenvalue weighted by Crippen LogP contribution is -2.54. The maximum Gasteiger partial charge on any atom is 0.264 e. The van der Waals surface area contributed by atoms with E-state index in [1.54, 1.807) is 12.1 Å². The van der Waals surface area contributed by atoms with Crippen LogP contribution in [-0.4, -0.2) is 164 Å². The maximum absolute atomic E-state index is 13.2. The molecule has 0 bridgehead atoms. The van der Waals surface area contributed by atoms with Gasteiger partial charge in [0.1, 0.15) is 6.04 Å². The normalized spacial score (nSPS) is 15.5. The first kappa shape index (κ1) is 46.7. The molecule has 1 atom stereocenters. The van der Waals surface area contributed by atoms with E-state index in [2.05, 4.69) is 33.2 Å². The van der Waals surface area contributed by atoms with Gasteiger partial charge >= 0.3 is 0 Å². The van der Waals surface area contributed by atoms with Gasteiger partial charge in [-0.25, -0.2) is 0 Å². The fourth-order valence-corrected chi connectivity index (χ4v) is 5.73. The minimum Gasteiger partial charge on any atom is -0.379 e. The zero-order valence-corrected chi connectivity index (χ0v) is 33.7. The number of amides is 5. The number of alkyl halides is 1. The van der Waals surface area contributed by atoms with E-state index in [1.165, 1.54) is 6.07 Å². The molecule has 1 aromatic rings. The van der Waals surface area contributed by atoms with Gasteiger partial charge in [0.2, 0.25) is 17.7 Å². The summed E-state index contributed by atoms with van der Waals surface area (Å²) in [6.45, 7) is 9.27. The Morgan fingerprint density at radius 2 is 1.11 bits per heavy atom. The van der Waals surface area contributed by atoms with Crippen molar-refractivity contribution in [2.24, 2.45) is 0 Å². The summed E-state index contributed by atoms with van der Waals surface area (Å²) in [5, 5.41) is 4.91. The largest absolute Gasteiger partial charge is 0.379 e. The molecule has 310 valence electrons. The number of rotatable bonds is 34. The van der Waals surface area contributed by atoms with Gasteiger partial charge in [0.05, 0.1) is 129 Å². The Morgan fingerprint density at radius 3 is 1.58 bits per heavy atom. The number of imide groups is 2. The molecule has 0 saturated carbocycles. The highest BCUT2D eigenvalue weighted by Gasteiger charge is 2.45. The van der Waals surface area contributed by atoms with Crippen LogP contribution in [0.15, 0.2) is 18.2 Å². The molecule has 1 saturated heterocycles. The van der Waals surface area contributed by atoms with E-state index in [9.17, 15) is 24.0 Å². The molecule has 55 heavy (non-hydrogen) atoms. The Kier molecular flexibility index (Phi) is 25.1. The molecule has 1 aromatic carbocycles. The lowest BCUT2D eigenvalue weighted by Gasteiger charge is -2.27. The van der Waals surface area contributed by atoms with Gasteiger partial charge in [0, 0.05) is 23.9 Å². The molecule has 17 nitrogen and oxygen atoms in total. The monoisotopic (exact) mass is 893 g/mol. The minimum atomic E-state index is -1.07. The van der Waals surface area contributed by atoms with Gasteiger partial charge < -0.3 is 47.9 Å². The van der Waals surface area contributed by atoms with E-state index in [1.807, 2.05) is 0 Å². The Morgan fingerprint density at radius 1 is 0.636 bits per heavy atom. The smallest absolute Gasteiger partial charge is 0.264 e. The van der Waals surface area contributed by atoms with Crippen molar-refractivity contribution < 1.29 is 66.6 Å². The molecule has 0 spiro atoms. The zero-order chi connectivity index (χ0) is 39.4. The van der Waals surface area contributed by atoms with Crippen LogP contribution in [0.3, 0.4) is 0 Å². The van der Waals surface area contributed by atoms with E-state index >= 15 is 0 Å². The van der Waals surface area contributed by atoms with Crippen molar-refractivity contribution in [3.63, 3.8) is 0 Å². The summed E-state index contributed by atoms with van der Waals surface area (Å²) in [5.41, 5.74) is 0.387. The number of piperidine rings is 1. The molecular formula is C37H56IN3O14. The molecule has 1 unspecified atom stereocenters. The number of hydrogen-bond donors (Lipinski definition) is 2. The van der Waals surface area contributed by atoms with Crippen LogP contribution in [0.1, 0.15) is 59.2 Å². The molecule has 3 rings (SSSR count). The van der Waals surface area contributed by atoms with Gasteiger partial charge in [-0.05, 0) is 31.4 Å². The van der Waals surface area contributed by atoms with Crippen molar-refractivity contribution in [1.29, 1.82) is 0 Å². The van der Waals surface area contributed by atoms with E-state index < -0.39 is 29.7 Å². The predicted octanol–water partition coefficient (Wildman–Crippen LogP) is 2.17. The number of benzene rings is 1. The van der Waals surface area contributed by atoms with Gasteiger partial charge in [-0.2, -0.15) is 0 Å². The third-order valence-corrected chi connectivity index (χ3v) is 8.57. The van der Waals surface area contributed by atoms with Crippen LogP contribution in [0.5, 0.6) is 0 Å². The second-order valence-corrected chi connectivity index (χ2v) is 13.3. The molecule has 1 fully saturated rings. The standard InChI is InChI=1S/C37H56IN3O14/c38-10-12-48-14-16-50-18-20-52-22-24-54-26-28-55-27-25-53-23-21-51-19-17-49-15-13-47-11-3-1-2-7-32(42)39-30-6-4-5-29-34(30)37(46)41(36(29)45)31-8-9-33(43)40-35(31)44/h4-6,31H,1-3,7-28H2,(H,39,42)(H,40,43,44). The summed E-state index contributed by atoms with van der Waals surface area (Å²) in [5.74, 6) is -2.71. The Labute approximate surface area is 336 Å². The number of halogens is 1. The molecular weight excluding hydrogens is 837 g/mol. The third-order valence-electron chi connectivity index (χ3n) is 8.13. The van der Waals surface area contributed by atoms with Crippen molar-refractivity contribution in [2.75, 3.05) is 129 Å². The molecule has 0 radical (unpaired) electrons. The van der Waals surface area contributed by atoms with Gasteiger partial charge in [-0.1, -0.05) is 35.1 Å². The van der Waals surface area contributed by atoms with Crippen LogP contribution in [0.2, 0.25) is 0 Å². The highest BCUT2D eigenvalue weighted by Crippen LogP contribution is 2.32. The Balaban J connectivity index is 1.04. The summed E-state index contributed by atoms with van der Waals surface area (Å²) in [6.07, 6.45) is 2.47. The van der Waals surface area contributed by atoms with Crippen molar-refractivity contribution in [2.45, 2.75) is 44.6 Å². The Hall–Kier alpha value is -2.66. The van der Waals surface area contributed by atoms with Gasteiger partial charge in [-0.15, -0.1) is 0 Å². The van der Waals surface area contributed by atoms with Crippen molar-refractivity contribution in [1.82, 2.24) is 10.2 Å². The SMILES string of the molecule is O=C1CCC(N2C(=O)c3cccc(NC(=O)CCCCCOCCOCCOCCOCCOCCOCCOCCOCCOCCI)c3C2=O)C(=O)N1. The predicted molar refractivity (Wildman–Crippen MR) is 206 cm³/mol. The average Bonchev–Trinajstić information content (AvgIpc) is 3.43. The number of carbonyl (C=O) groups is 5. The number of nitrogens with zero attached hydrogens (tertiary/aromatic N) is 1. The van der Waals surface area contributed by atoms with E-state index in [0.29, 0.717) is 119 Å². The molecule has 2 aliphatic rings. The Bertz CT molecular complexity index is 1310. The number of unbranched alkanes of at least 4 members (excludes halogenated alkanes) is 2. The number of carbonyl (C=O) groups excluding carboxylic acids is 5. The first-order valence-electron chi connectivity index (χ1n) is 18.8. The lowest BCUT2D eigenvalue weighted by atomic mass is 10.0. The second kappa shape index (κ2) is 29.6. The maximum atomic E-state index is 13.2. The highest BCUT2D eigenvalue weighted by atomic mass is 127. The van der Waals surface area contributed by atoms with Crippen molar-refractivity contribution >= 4 is 57.8 Å². The van der Waals surface area contributed by atoms with E-state index in [4.69, 9.17) is 42.6 Å². The van der Waals surface area contributed by atoms with E-state index in [0.717, 1.165) is 28.8 Å². The minimum absolute atomic E-state index is 0.0298. The van der Waals surface area contributed by atoms with Crippen LogP contribution >= 0.6 is 22.6 Å². The second-order valence-electron chi connectivity index (χ2n) is 12.2. The van der Waals surface area contributed by atoms with E-state index in [-0.39, 0.29) is 42.0 Å². The topological polar surface area (TPSA) is 196 Å². The fourth-order valence-electron chi connectivity index (χ4n) is 5.41. The zero-order valence-electron chi connectivity index (χ0n) is 31.5. The van der Waals surface area contributed by atoms with Gasteiger partial charge in [0.25, 0.3) is 11.8 Å². The molecule has 0 aliphatic carbocycles. The van der Waals surface area contributed by atoms with Gasteiger partial charge in [-0.3, -0.25) is 34.2 Å². The summed E-state index contributed by atoms with van der Waals surface area (Å²) in [6, 6.07) is 3.53. The van der Waals surface area contributed by atoms with Crippen LogP contribution < -0.4 is 10.6 Å². The van der Waals surface area contributed by atoms with Crippen LogP contribution in [-0.2, 0) is 57.0 Å². The number of hydrogen-bond acceptors (Lipinski definition) is 14. The summed E-state index contributed by atoms with van der Waals surface area (Å²) < 4.78 is 50.2. The first-order valence-corrected chi connectivity index (χ1v) is 20.4. The molecule has 5 amide bonds. The lowest BCUT2D eigenvalue weighted by molar-refractivity contribution is -0.136. The number of ether oxygens (including phenoxy) is 9. The summed E-state index contributed by atoms with van der Waals surface area (Å²) >= 11 is 2.27. The summed E-state index contributed by atoms with van der Waals surface area (Å²) in [4.78, 5) is 63.5. The van der Waals surface area contributed by atoms with Crippen molar-refractivity contribution in [3.8, 4) is 0 Å². The highest BCUT2D eigenvalue weighted by molar-refractivity contribution is 14.1. The number of nitrogens with one attached hydrogen (secondary N) is 2. The molecule has 2 N–H and O–H groups in total. The fraction of sp³-hybridized carbons (Fsp3) is 0.703. The number of fused-ring (bicyclic) bond motifs is 1. The van der Waals surface area contributed by atoms with Gasteiger partial charge in [0.15, 0.2) is 0 Å². The van der Waals surface area contributed by atoms with Crippen molar-refractivity contribution in [3.05, 3.63) is 29.3 Å². The first-order chi connectivity index (χ1) is 26.9. The van der Waals surface area contributed by atoms with Crippen LogP contribution in [0.25, 0.3) is 0 Å². The molecule has 18 heteroatoms. The van der Waals surface area contributed by atoms with Crippen LogP contribution in [0, 0.1) is 0 Å². The quantitative estimate of drug-likeness (QED) is 0.0442.